The molecule has 1 aliphatic rings. The number of nitrogens with zero attached hydrogens (tertiary/aromatic N) is 3. The van der Waals surface area contributed by atoms with Gasteiger partial charge in [0.25, 0.3) is 0 Å². The van der Waals surface area contributed by atoms with E-state index in [0.717, 1.165) is 21.5 Å². The smallest absolute Gasteiger partial charge is 0.225 e. The number of aromatic nitrogens is 3. The van der Waals surface area contributed by atoms with Crippen LogP contribution in [0.1, 0.15) is 37.7 Å². The quantitative estimate of drug-likeness (QED) is 0.520. The highest BCUT2D eigenvalue weighted by Crippen LogP contribution is 2.25. The summed E-state index contributed by atoms with van der Waals surface area (Å²) in [5.41, 5.74) is 3.12. The Morgan fingerprint density at radius 3 is 2.54 bits per heavy atom. The number of hydrogen-bond donors (Lipinski definition) is 2. The summed E-state index contributed by atoms with van der Waals surface area (Å²) < 4.78 is 1.09. The maximum absolute atomic E-state index is 4.77. The minimum absolute atomic E-state index is 0.456. The number of benzene rings is 1. The van der Waals surface area contributed by atoms with E-state index < -0.39 is 0 Å². The van der Waals surface area contributed by atoms with Gasteiger partial charge in [-0.3, -0.25) is 4.98 Å². The van der Waals surface area contributed by atoms with Crippen LogP contribution in [0.2, 0.25) is 0 Å². The average Bonchev–Trinajstić information content (AvgIpc) is 2.74. The van der Waals surface area contributed by atoms with E-state index in [2.05, 4.69) is 43.7 Å². The molecule has 0 spiro atoms. The van der Waals surface area contributed by atoms with E-state index in [-0.39, 0.29) is 0 Å². The molecule has 5 nitrogen and oxygen atoms in total. The molecular weight excluding hydrogens is 414 g/mol. The lowest BCUT2D eigenvalue weighted by atomic mass is 9.96. The lowest BCUT2D eigenvalue weighted by molar-refractivity contribution is 0.461. The molecule has 0 amide bonds. The summed E-state index contributed by atoms with van der Waals surface area (Å²) in [5, 5.41) is 7.01. The molecule has 0 atom stereocenters. The highest BCUT2D eigenvalue weighted by atomic mass is 79.9. The van der Waals surface area contributed by atoms with Crippen molar-refractivity contribution in [2.75, 3.05) is 10.6 Å². The van der Waals surface area contributed by atoms with E-state index in [1.807, 2.05) is 30.3 Å². The molecule has 28 heavy (non-hydrogen) atoms. The molecule has 0 saturated heterocycles. The van der Waals surface area contributed by atoms with Crippen LogP contribution in [0.4, 0.5) is 11.8 Å². The minimum atomic E-state index is 0.456. The normalized spacial score (nSPS) is 14.6. The third kappa shape index (κ3) is 4.87. The van der Waals surface area contributed by atoms with Crippen LogP contribution in [0.15, 0.2) is 59.3 Å². The van der Waals surface area contributed by atoms with Crippen LogP contribution in [0, 0.1) is 0 Å². The fraction of sp³-hybridized carbons (Fsp3) is 0.318. The lowest BCUT2D eigenvalue weighted by Crippen LogP contribution is -2.23. The van der Waals surface area contributed by atoms with E-state index in [1.165, 1.54) is 37.7 Å². The third-order valence-corrected chi connectivity index (χ3v) is 5.83. The highest BCUT2D eigenvalue weighted by molar-refractivity contribution is 9.10. The van der Waals surface area contributed by atoms with Crippen molar-refractivity contribution in [3.63, 3.8) is 0 Å². The number of halogens is 1. The molecule has 2 aromatic heterocycles. The van der Waals surface area contributed by atoms with Gasteiger partial charge in [-0.15, -0.1) is 0 Å². The summed E-state index contributed by atoms with van der Waals surface area (Å²) in [5.74, 6) is 1.51. The van der Waals surface area contributed by atoms with E-state index in [4.69, 9.17) is 9.97 Å². The van der Waals surface area contributed by atoms with Gasteiger partial charge in [-0.05, 0) is 36.6 Å². The Morgan fingerprint density at radius 2 is 1.75 bits per heavy atom. The maximum atomic E-state index is 4.77. The van der Waals surface area contributed by atoms with Crippen molar-refractivity contribution in [2.24, 2.45) is 0 Å². The number of rotatable bonds is 6. The van der Waals surface area contributed by atoms with Crippen LogP contribution in [0.3, 0.4) is 0 Å². The predicted molar refractivity (Wildman–Crippen MR) is 117 cm³/mol. The Morgan fingerprint density at radius 1 is 0.964 bits per heavy atom. The van der Waals surface area contributed by atoms with Crippen molar-refractivity contribution in [3.8, 4) is 11.3 Å². The monoisotopic (exact) mass is 437 g/mol. The second-order valence-electron chi connectivity index (χ2n) is 7.12. The van der Waals surface area contributed by atoms with E-state index >= 15 is 0 Å². The Kier molecular flexibility index (Phi) is 6.17. The summed E-state index contributed by atoms with van der Waals surface area (Å²) >= 11 is 3.61. The Balaban J connectivity index is 1.58. The summed E-state index contributed by atoms with van der Waals surface area (Å²) in [6.07, 6.45) is 9.82. The van der Waals surface area contributed by atoms with E-state index in [1.54, 1.807) is 12.4 Å². The fourth-order valence-corrected chi connectivity index (χ4v) is 3.95. The third-order valence-electron chi connectivity index (χ3n) is 5.06. The minimum Gasteiger partial charge on any atom is -0.366 e. The standard InChI is InChI=1S/C22H24BrN5/c23-19-9-5-4-6-17(19)15-25-21-14-20(16-10-12-24-13-11-16)27-22(28-21)26-18-7-2-1-3-8-18/h4-6,9-14,18H,1-3,7-8,15H2,(H2,25,26,27,28). The number of hydrogen-bond acceptors (Lipinski definition) is 5. The molecule has 1 aromatic carbocycles. The van der Waals surface area contributed by atoms with Gasteiger partial charge in [0, 0.05) is 41.1 Å². The number of pyridine rings is 1. The largest absolute Gasteiger partial charge is 0.366 e. The van der Waals surface area contributed by atoms with Crippen molar-refractivity contribution < 1.29 is 0 Å². The molecule has 1 saturated carbocycles. The zero-order chi connectivity index (χ0) is 19.2. The van der Waals surface area contributed by atoms with Gasteiger partial charge in [0.15, 0.2) is 0 Å². The summed E-state index contributed by atoms with van der Waals surface area (Å²) in [6.45, 7) is 0.692. The van der Waals surface area contributed by atoms with Gasteiger partial charge in [-0.1, -0.05) is 53.4 Å². The molecular formula is C22H24BrN5. The van der Waals surface area contributed by atoms with Crippen LogP contribution in [-0.4, -0.2) is 21.0 Å². The Bertz CT molecular complexity index is 910. The molecule has 1 fully saturated rings. The first kappa shape index (κ1) is 18.9. The molecule has 2 heterocycles. The van der Waals surface area contributed by atoms with Gasteiger partial charge in [-0.25, -0.2) is 4.98 Å². The molecule has 0 unspecified atom stereocenters. The second-order valence-corrected chi connectivity index (χ2v) is 7.98. The number of anilines is 2. The van der Waals surface area contributed by atoms with Crippen LogP contribution in [0.5, 0.6) is 0 Å². The van der Waals surface area contributed by atoms with Gasteiger partial charge in [0.1, 0.15) is 5.82 Å². The van der Waals surface area contributed by atoms with Gasteiger partial charge in [0.05, 0.1) is 5.69 Å². The van der Waals surface area contributed by atoms with Crippen LogP contribution in [0.25, 0.3) is 11.3 Å². The van der Waals surface area contributed by atoms with Crippen LogP contribution in [-0.2, 0) is 6.54 Å². The first-order valence-corrected chi connectivity index (χ1v) is 10.6. The maximum Gasteiger partial charge on any atom is 0.225 e. The van der Waals surface area contributed by atoms with Crippen molar-refractivity contribution in [1.82, 2.24) is 15.0 Å². The summed E-state index contributed by atoms with van der Waals surface area (Å²) in [4.78, 5) is 13.6. The molecule has 0 bridgehead atoms. The molecule has 0 radical (unpaired) electrons. The van der Waals surface area contributed by atoms with Crippen molar-refractivity contribution in [1.29, 1.82) is 0 Å². The van der Waals surface area contributed by atoms with Crippen molar-refractivity contribution in [2.45, 2.75) is 44.7 Å². The molecule has 144 valence electrons. The average molecular weight is 438 g/mol. The molecule has 4 rings (SSSR count). The Labute approximate surface area is 174 Å². The molecule has 0 aliphatic heterocycles. The van der Waals surface area contributed by atoms with E-state index in [0.29, 0.717) is 18.5 Å². The van der Waals surface area contributed by atoms with Gasteiger partial charge in [0.2, 0.25) is 5.95 Å². The van der Waals surface area contributed by atoms with Crippen molar-refractivity contribution in [3.05, 3.63) is 64.9 Å². The Hall–Kier alpha value is -2.47. The first-order valence-electron chi connectivity index (χ1n) is 9.81. The van der Waals surface area contributed by atoms with Crippen molar-refractivity contribution >= 4 is 27.7 Å². The van der Waals surface area contributed by atoms with Crippen LogP contribution < -0.4 is 10.6 Å². The summed E-state index contributed by atoms with van der Waals surface area (Å²) in [6, 6.07) is 14.6. The van der Waals surface area contributed by atoms with Gasteiger partial charge >= 0.3 is 0 Å². The van der Waals surface area contributed by atoms with E-state index in [9.17, 15) is 0 Å². The molecule has 6 heteroatoms. The van der Waals surface area contributed by atoms with Crippen LogP contribution >= 0.6 is 15.9 Å². The van der Waals surface area contributed by atoms with Gasteiger partial charge < -0.3 is 10.6 Å². The second kappa shape index (κ2) is 9.15. The highest BCUT2D eigenvalue weighted by Gasteiger charge is 2.15. The fourth-order valence-electron chi connectivity index (χ4n) is 3.53. The molecule has 1 aliphatic carbocycles. The predicted octanol–water partition coefficient (Wildman–Crippen LogP) is 5.66. The lowest BCUT2D eigenvalue weighted by Gasteiger charge is -2.23. The topological polar surface area (TPSA) is 62.7 Å². The summed E-state index contributed by atoms with van der Waals surface area (Å²) in [7, 11) is 0. The van der Waals surface area contributed by atoms with Gasteiger partial charge in [-0.2, -0.15) is 4.98 Å². The molecule has 3 aromatic rings. The molecule has 2 N–H and O–H groups in total. The SMILES string of the molecule is Brc1ccccc1CNc1cc(-c2ccncc2)nc(NC2CCCCC2)n1. The zero-order valence-electron chi connectivity index (χ0n) is 15.7. The zero-order valence-corrected chi connectivity index (χ0v) is 17.3. The number of nitrogens with one attached hydrogen (secondary N) is 2. The first-order chi connectivity index (χ1) is 13.8.